The van der Waals surface area contributed by atoms with E-state index in [0.29, 0.717) is 0 Å². The standard InChI is InChI=1S/C15H20O/c1-12-2-4-13(5-3-12)10-14-6-8-15(11-16)9-7-14/h6-9,11-13H,2-5,10H2,1H3. The second-order valence-corrected chi connectivity index (χ2v) is 5.19. The minimum Gasteiger partial charge on any atom is -0.298 e. The third-order valence-corrected chi connectivity index (χ3v) is 3.78. The maximum atomic E-state index is 10.5. The molecule has 0 aliphatic heterocycles. The lowest BCUT2D eigenvalue weighted by molar-refractivity contribution is 0.112. The van der Waals surface area contributed by atoms with E-state index in [9.17, 15) is 4.79 Å². The molecule has 1 aromatic carbocycles. The fourth-order valence-corrected chi connectivity index (χ4v) is 2.60. The van der Waals surface area contributed by atoms with Crippen LogP contribution in [0.15, 0.2) is 24.3 Å². The number of hydrogen-bond donors (Lipinski definition) is 0. The summed E-state index contributed by atoms with van der Waals surface area (Å²) in [7, 11) is 0. The minimum atomic E-state index is 0.779. The van der Waals surface area contributed by atoms with Gasteiger partial charge in [-0.3, -0.25) is 4.79 Å². The predicted molar refractivity (Wildman–Crippen MR) is 66.7 cm³/mol. The predicted octanol–water partition coefficient (Wildman–Crippen LogP) is 3.87. The first-order valence-electron chi connectivity index (χ1n) is 6.32. The van der Waals surface area contributed by atoms with Crippen molar-refractivity contribution >= 4 is 6.29 Å². The number of carbonyl (C=O) groups excluding carboxylic acids is 1. The number of rotatable bonds is 3. The molecule has 0 amide bonds. The molecule has 0 radical (unpaired) electrons. The lowest BCUT2D eigenvalue weighted by atomic mass is 9.80. The molecule has 1 saturated carbocycles. The molecule has 1 aliphatic rings. The Bertz CT molecular complexity index is 331. The van der Waals surface area contributed by atoms with Gasteiger partial charge in [-0.2, -0.15) is 0 Å². The van der Waals surface area contributed by atoms with Gasteiger partial charge in [0.05, 0.1) is 0 Å². The summed E-state index contributed by atoms with van der Waals surface area (Å²) in [4.78, 5) is 10.5. The smallest absolute Gasteiger partial charge is 0.150 e. The number of aldehydes is 1. The Kier molecular flexibility index (Phi) is 3.76. The van der Waals surface area contributed by atoms with Crippen LogP contribution in [0, 0.1) is 11.8 Å². The van der Waals surface area contributed by atoms with Gasteiger partial charge in [0, 0.05) is 5.56 Å². The van der Waals surface area contributed by atoms with Gasteiger partial charge in [0.2, 0.25) is 0 Å². The van der Waals surface area contributed by atoms with Crippen LogP contribution >= 0.6 is 0 Å². The molecule has 0 N–H and O–H groups in total. The summed E-state index contributed by atoms with van der Waals surface area (Å²) in [6.45, 7) is 2.36. The highest BCUT2D eigenvalue weighted by Crippen LogP contribution is 2.30. The quantitative estimate of drug-likeness (QED) is 0.701. The molecule has 1 fully saturated rings. The summed E-state index contributed by atoms with van der Waals surface area (Å²) in [6.07, 6.45) is 7.61. The van der Waals surface area contributed by atoms with Crippen molar-refractivity contribution in [2.45, 2.75) is 39.0 Å². The van der Waals surface area contributed by atoms with Crippen LogP contribution in [0.2, 0.25) is 0 Å². The SMILES string of the molecule is CC1CCC(Cc2ccc(C=O)cc2)CC1. The van der Waals surface area contributed by atoms with Gasteiger partial charge in [0.15, 0.2) is 0 Å². The molecular weight excluding hydrogens is 196 g/mol. The van der Waals surface area contributed by atoms with Gasteiger partial charge < -0.3 is 0 Å². The van der Waals surface area contributed by atoms with Crippen molar-refractivity contribution in [2.75, 3.05) is 0 Å². The first kappa shape index (κ1) is 11.4. The molecule has 0 saturated heterocycles. The summed E-state index contributed by atoms with van der Waals surface area (Å²) in [5.74, 6) is 1.78. The van der Waals surface area contributed by atoms with Gasteiger partial charge in [0.1, 0.15) is 6.29 Å². The summed E-state index contributed by atoms with van der Waals surface area (Å²) in [5, 5.41) is 0. The van der Waals surface area contributed by atoms with Crippen LogP contribution in [0.4, 0.5) is 0 Å². The van der Waals surface area contributed by atoms with E-state index in [2.05, 4.69) is 19.1 Å². The van der Waals surface area contributed by atoms with E-state index in [0.717, 1.165) is 23.7 Å². The summed E-state index contributed by atoms with van der Waals surface area (Å²) in [6, 6.07) is 8.05. The van der Waals surface area contributed by atoms with E-state index in [-0.39, 0.29) is 0 Å². The second kappa shape index (κ2) is 5.29. The maximum Gasteiger partial charge on any atom is 0.150 e. The molecule has 1 aliphatic carbocycles. The Morgan fingerprint density at radius 3 is 2.31 bits per heavy atom. The highest BCUT2D eigenvalue weighted by Gasteiger charge is 2.18. The largest absolute Gasteiger partial charge is 0.298 e. The van der Waals surface area contributed by atoms with E-state index in [4.69, 9.17) is 0 Å². The molecule has 0 spiro atoms. The Morgan fingerprint density at radius 1 is 1.12 bits per heavy atom. The van der Waals surface area contributed by atoms with Crippen LogP contribution in [0.5, 0.6) is 0 Å². The molecule has 0 unspecified atom stereocenters. The summed E-state index contributed by atoms with van der Waals surface area (Å²) < 4.78 is 0. The average molecular weight is 216 g/mol. The first-order valence-corrected chi connectivity index (χ1v) is 6.32. The van der Waals surface area contributed by atoms with Gasteiger partial charge in [0.25, 0.3) is 0 Å². The van der Waals surface area contributed by atoms with E-state index >= 15 is 0 Å². The molecule has 16 heavy (non-hydrogen) atoms. The zero-order chi connectivity index (χ0) is 11.4. The van der Waals surface area contributed by atoms with Crippen molar-refractivity contribution in [3.05, 3.63) is 35.4 Å². The lowest BCUT2D eigenvalue weighted by Crippen LogP contribution is -2.14. The van der Waals surface area contributed by atoms with Crippen LogP contribution in [0.1, 0.15) is 48.5 Å². The van der Waals surface area contributed by atoms with Gasteiger partial charge in [-0.25, -0.2) is 0 Å². The Morgan fingerprint density at radius 2 is 1.75 bits per heavy atom. The van der Waals surface area contributed by atoms with Crippen molar-refractivity contribution < 1.29 is 4.79 Å². The molecule has 1 heteroatoms. The van der Waals surface area contributed by atoms with Crippen molar-refractivity contribution in [2.24, 2.45) is 11.8 Å². The molecule has 0 bridgehead atoms. The van der Waals surface area contributed by atoms with Crippen molar-refractivity contribution in [1.82, 2.24) is 0 Å². The second-order valence-electron chi connectivity index (χ2n) is 5.19. The molecule has 0 heterocycles. The van der Waals surface area contributed by atoms with Gasteiger partial charge >= 0.3 is 0 Å². The minimum absolute atomic E-state index is 0.779. The molecule has 0 atom stereocenters. The molecule has 2 rings (SSSR count). The van der Waals surface area contributed by atoms with E-state index < -0.39 is 0 Å². The zero-order valence-corrected chi connectivity index (χ0v) is 9.99. The van der Waals surface area contributed by atoms with E-state index in [1.54, 1.807) is 0 Å². The number of benzene rings is 1. The van der Waals surface area contributed by atoms with Gasteiger partial charge in [-0.05, 0) is 36.7 Å². The van der Waals surface area contributed by atoms with Crippen LogP contribution in [0.3, 0.4) is 0 Å². The maximum absolute atomic E-state index is 10.5. The van der Waals surface area contributed by atoms with Crippen LogP contribution < -0.4 is 0 Å². The topological polar surface area (TPSA) is 17.1 Å². The zero-order valence-electron chi connectivity index (χ0n) is 9.99. The van der Waals surface area contributed by atoms with Crippen LogP contribution in [0.25, 0.3) is 0 Å². The summed E-state index contributed by atoms with van der Waals surface area (Å²) >= 11 is 0. The number of hydrogen-bond acceptors (Lipinski definition) is 1. The van der Waals surface area contributed by atoms with Crippen LogP contribution in [-0.4, -0.2) is 6.29 Å². The first-order chi connectivity index (χ1) is 7.78. The monoisotopic (exact) mass is 216 g/mol. The number of carbonyl (C=O) groups is 1. The van der Waals surface area contributed by atoms with Gasteiger partial charge in [-0.1, -0.05) is 44.0 Å². The lowest BCUT2D eigenvalue weighted by Gasteiger charge is -2.26. The van der Waals surface area contributed by atoms with Gasteiger partial charge in [-0.15, -0.1) is 0 Å². The normalized spacial score (nSPS) is 25.3. The molecule has 86 valence electrons. The van der Waals surface area contributed by atoms with Crippen molar-refractivity contribution in [1.29, 1.82) is 0 Å². The summed E-state index contributed by atoms with van der Waals surface area (Å²) in [5.41, 5.74) is 2.16. The molecular formula is C15H20O. The molecule has 1 nitrogen and oxygen atoms in total. The highest BCUT2D eigenvalue weighted by atomic mass is 16.1. The van der Waals surface area contributed by atoms with Crippen LogP contribution in [-0.2, 0) is 6.42 Å². The van der Waals surface area contributed by atoms with E-state index in [1.165, 1.54) is 37.7 Å². The molecule has 1 aromatic rings. The fraction of sp³-hybridized carbons (Fsp3) is 0.533. The fourth-order valence-electron chi connectivity index (χ4n) is 2.60. The van der Waals surface area contributed by atoms with Crippen molar-refractivity contribution in [3.63, 3.8) is 0 Å². The molecule has 0 aromatic heterocycles. The third kappa shape index (κ3) is 2.94. The Balaban J connectivity index is 1.91. The Labute approximate surface area is 97.9 Å². The van der Waals surface area contributed by atoms with E-state index in [1.807, 2.05) is 12.1 Å². The van der Waals surface area contributed by atoms with Crippen molar-refractivity contribution in [3.8, 4) is 0 Å². The Hall–Kier alpha value is -1.11. The average Bonchev–Trinajstić information content (AvgIpc) is 2.33. The highest BCUT2D eigenvalue weighted by molar-refractivity contribution is 5.74. The third-order valence-electron chi connectivity index (χ3n) is 3.78.